The lowest BCUT2D eigenvalue weighted by molar-refractivity contribution is 0.780. The summed E-state index contributed by atoms with van der Waals surface area (Å²) in [6.07, 6.45) is 3.43. The largest absolute Gasteiger partial charge is 0.370 e. The number of aryl methyl sites for hydroxylation is 2. The number of hydrogen-bond donors (Lipinski definition) is 1. The maximum Gasteiger partial charge on any atom is 0.133 e. The average molecular weight is 358 g/mol. The first-order chi connectivity index (χ1) is 11.6. The summed E-state index contributed by atoms with van der Waals surface area (Å²) < 4.78 is 2.90. The Bertz CT molecular complexity index is 894. The molecule has 0 unspecified atom stereocenters. The first kappa shape index (κ1) is 15.7. The number of fused-ring (bicyclic) bond motifs is 1. The molecule has 0 atom stereocenters. The van der Waals surface area contributed by atoms with Crippen LogP contribution in [0.1, 0.15) is 29.5 Å². The average Bonchev–Trinajstić information content (AvgIpc) is 3.05. The van der Waals surface area contributed by atoms with E-state index in [0.29, 0.717) is 0 Å². The maximum atomic E-state index is 6.16. The highest BCUT2D eigenvalue weighted by Gasteiger charge is 2.23. The van der Waals surface area contributed by atoms with Crippen LogP contribution in [-0.4, -0.2) is 16.3 Å². The van der Waals surface area contributed by atoms with E-state index in [1.807, 2.05) is 6.07 Å². The van der Waals surface area contributed by atoms with E-state index in [2.05, 4.69) is 48.1 Å². The predicted molar refractivity (Wildman–Crippen MR) is 103 cm³/mol. The van der Waals surface area contributed by atoms with Crippen molar-refractivity contribution in [3.8, 4) is 16.3 Å². The number of thiophene rings is 1. The van der Waals surface area contributed by atoms with Gasteiger partial charge in [-0.2, -0.15) is 5.10 Å². The highest BCUT2D eigenvalue weighted by atomic mass is 35.5. The summed E-state index contributed by atoms with van der Waals surface area (Å²) in [6, 6.07) is 10.6. The maximum absolute atomic E-state index is 6.16. The molecule has 0 amide bonds. The summed E-state index contributed by atoms with van der Waals surface area (Å²) in [5.74, 6) is 1.14. The third-order valence-electron chi connectivity index (χ3n) is 4.53. The van der Waals surface area contributed by atoms with Gasteiger partial charge in [0.15, 0.2) is 0 Å². The normalized spacial score (nSPS) is 14.1. The molecule has 0 spiro atoms. The van der Waals surface area contributed by atoms with Gasteiger partial charge in [0.1, 0.15) is 11.5 Å². The Balaban J connectivity index is 1.94. The number of halogens is 1. The lowest BCUT2D eigenvalue weighted by atomic mass is 10.1. The smallest absolute Gasteiger partial charge is 0.133 e. The molecule has 0 radical (unpaired) electrons. The van der Waals surface area contributed by atoms with Gasteiger partial charge in [-0.1, -0.05) is 23.7 Å². The predicted octanol–water partition coefficient (Wildman–Crippen LogP) is 5.62. The summed E-state index contributed by atoms with van der Waals surface area (Å²) in [5, 5.41) is 8.60. The zero-order valence-corrected chi connectivity index (χ0v) is 15.5. The molecule has 1 aliphatic rings. The van der Waals surface area contributed by atoms with Crippen LogP contribution in [0.15, 0.2) is 30.3 Å². The van der Waals surface area contributed by atoms with Crippen molar-refractivity contribution in [2.75, 3.05) is 11.9 Å². The molecule has 5 heteroatoms. The molecule has 1 aromatic carbocycles. The Kier molecular flexibility index (Phi) is 4.10. The van der Waals surface area contributed by atoms with Gasteiger partial charge in [-0.15, -0.1) is 11.3 Å². The number of nitrogens with zero attached hydrogens (tertiary/aromatic N) is 2. The number of benzene rings is 1. The fourth-order valence-corrected chi connectivity index (χ4v) is 4.32. The molecule has 0 aliphatic carbocycles. The second-order valence-corrected chi connectivity index (χ2v) is 8.08. The van der Waals surface area contributed by atoms with Crippen LogP contribution in [-0.2, 0) is 6.42 Å². The summed E-state index contributed by atoms with van der Waals surface area (Å²) in [7, 11) is 0. The van der Waals surface area contributed by atoms with Crippen molar-refractivity contribution in [3.05, 3.63) is 51.4 Å². The number of anilines is 1. The molecule has 0 saturated carbocycles. The van der Waals surface area contributed by atoms with Gasteiger partial charge in [0.05, 0.1) is 14.9 Å². The molecule has 3 nitrogen and oxygen atoms in total. The van der Waals surface area contributed by atoms with Crippen LogP contribution < -0.4 is 5.32 Å². The van der Waals surface area contributed by atoms with Crippen LogP contribution in [0, 0.1) is 13.8 Å². The molecule has 124 valence electrons. The Labute approximate surface area is 151 Å². The van der Waals surface area contributed by atoms with Crippen molar-refractivity contribution in [2.24, 2.45) is 0 Å². The molecule has 3 heterocycles. The molecule has 0 fully saturated rings. The van der Waals surface area contributed by atoms with E-state index in [1.165, 1.54) is 29.5 Å². The second kappa shape index (κ2) is 6.26. The van der Waals surface area contributed by atoms with Crippen molar-refractivity contribution in [3.63, 3.8) is 0 Å². The Morgan fingerprint density at radius 3 is 2.83 bits per heavy atom. The molecule has 3 aromatic rings. The standard InChI is InChI=1S/C19H20ClN3S/c1-12-6-7-13(2)15(11-12)23-19-14(5-3-4-10-21-19)18(22-23)16-8-9-17(20)24-16/h6-9,11,21H,3-5,10H2,1-2H3. The molecule has 24 heavy (non-hydrogen) atoms. The van der Waals surface area contributed by atoms with Crippen molar-refractivity contribution < 1.29 is 0 Å². The van der Waals surface area contributed by atoms with Gasteiger partial charge in [0.2, 0.25) is 0 Å². The Morgan fingerprint density at radius 1 is 1.17 bits per heavy atom. The van der Waals surface area contributed by atoms with E-state index in [9.17, 15) is 0 Å². The van der Waals surface area contributed by atoms with E-state index < -0.39 is 0 Å². The summed E-state index contributed by atoms with van der Waals surface area (Å²) in [6.45, 7) is 5.26. The quantitative estimate of drug-likeness (QED) is 0.645. The van der Waals surface area contributed by atoms with Crippen molar-refractivity contribution in [2.45, 2.75) is 33.1 Å². The third-order valence-corrected chi connectivity index (χ3v) is 5.77. The van der Waals surface area contributed by atoms with Gasteiger partial charge in [-0.05, 0) is 62.4 Å². The molecule has 0 bridgehead atoms. The van der Waals surface area contributed by atoms with E-state index >= 15 is 0 Å². The monoisotopic (exact) mass is 357 g/mol. The first-order valence-electron chi connectivity index (χ1n) is 8.32. The molecule has 1 N–H and O–H groups in total. The minimum absolute atomic E-state index is 0.807. The topological polar surface area (TPSA) is 29.9 Å². The van der Waals surface area contributed by atoms with Crippen LogP contribution in [0.3, 0.4) is 0 Å². The van der Waals surface area contributed by atoms with E-state index in [4.69, 9.17) is 16.7 Å². The lowest BCUT2D eigenvalue weighted by Crippen LogP contribution is -2.08. The number of hydrogen-bond acceptors (Lipinski definition) is 3. The minimum atomic E-state index is 0.807. The van der Waals surface area contributed by atoms with Crippen LogP contribution in [0.5, 0.6) is 0 Å². The fraction of sp³-hybridized carbons (Fsp3) is 0.316. The van der Waals surface area contributed by atoms with E-state index in [1.54, 1.807) is 11.3 Å². The van der Waals surface area contributed by atoms with Crippen molar-refractivity contribution in [1.82, 2.24) is 9.78 Å². The van der Waals surface area contributed by atoms with E-state index in [-0.39, 0.29) is 0 Å². The highest BCUT2D eigenvalue weighted by molar-refractivity contribution is 7.19. The highest BCUT2D eigenvalue weighted by Crippen LogP contribution is 2.38. The second-order valence-electron chi connectivity index (χ2n) is 6.37. The van der Waals surface area contributed by atoms with Crippen LogP contribution in [0.4, 0.5) is 5.82 Å². The minimum Gasteiger partial charge on any atom is -0.370 e. The van der Waals surface area contributed by atoms with Crippen LogP contribution in [0.25, 0.3) is 16.3 Å². The zero-order valence-electron chi connectivity index (χ0n) is 13.9. The molecule has 0 saturated heterocycles. The van der Waals surface area contributed by atoms with Gasteiger partial charge in [0, 0.05) is 12.1 Å². The van der Waals surface area contributed by atoms with Gasteiger partial charge in [-0.3, -0.25) is 0 Å². The molecule has 1 aliphatic heterocycles. The Hall–Kier alpha value is -1.78. The molecular weight excluding hydrogens is 338 g/mol. The Morgan fingerprint density at radius 2 is 2.04 bits per heavy atom. The third kappa shape index (κ3) is 2.74. The van der Waals surface area contributed by atoms with Gasteiger partial charge < -0.3 is 5.32 Å². The molecule has 4 rings (SSSR count). The number of aromatic nitrogens is 2. The summed E-state index contributed by atoms with van der Waals surface area (Å²) in [5.41, 5.74) is 6.00. The van der Waals surface area contributed by atoms with Crippen molar-refractivity contribution >= 4 is 28.8 Å². The zero-order chi connectivity index (χ0) is 16.7. The number of nitrogens with one attached hydrogen (secondary N) is 1. The summed E-state index contributed by atoms with van der Waals surface area (Å²) in [4.78, 5) is 1.14. The molecular formula is C19H20ClN3S. The van der Waals surface area contributed by atoms with Gasteiger partial charge >= 0.3 is 0 Å². The summed E-state index contributed by atoms with van der Waals surface area (Å²) >= 11 is 7.76. The lowest BCUT2D eigenvalue weighted by Gasteiger charge is -2.12. The van der Waals surface area contributed by atoms with Crippen LogP contribution >= 0.6 is 22.9 Å². The first-order valence-corrected chi connectivity index (χ1v) is 9.52. The fourth-order valence-electron chi connectivity index (χ4n) is 3.26. The van der Waals surface area contributed by atoms with Crippen molar-refractivity contribution in [1.29, 1.82) is 0 Å². The van der Waals surface area contributed by atoms with Gasteiger partial charge in [0.25, 0.3) is 0 Å². The SMILES string of the molecule is Cc1ccc(C)c(-n2nc(-c3ccc(Cl)s3)c3c2NCCCC3)c1. The molecule has 2 aromatic heterocycles. The van der Waals surface area contributed by atoms with Crippen LogP contribution in [0.2, 0.25) is 4.34 Å². The van der Waals surface area contributed by atoms with E-state index in [0.717, 1.165) is 39.4 Å². The number of rotatable bonds is 2. The van der Waals surface area contributed by atoms with Gasteiger partial charge in [-0.25, -0.2) is 4.68 Å².